The van der Waals surface area contributed by atoms with Crippen LogP contribution in [0.15, 0.2) is 12.1 Å². The molecule has 2 N–H and O–H groups in total. The van der Waals surface area contributed by atoms with Crippen molar-refractivity contribution in [1.82, 2.24) is 0 Å². The largest absolute Gasteiger partial charge is 0.376 e. The molecule has 0 spiro atoms. The van der Waals surface area contributed by atoms with Crippen LogP contribution in [0.3, 0.4) is 0 Å². The Bertz CT molecular complexity index is 468. The van der Waals surface area contributed by atoms with Crippen LogP contribution in [0.25, 0.3) is 0 Å². The number of halogens is 2. The second-order valence-electron chi connectivity index (χ2n) is 5.75. The lowest BCUT2D eigenvalue weighted by Crippen LogP contribution is -2.43. The van der Waals surface area contributed by atoms with E-state index in [1.54, 1.807) is 14.0 Å². The molecule has 0 heterocycles. The molecule has 1 aliphatic carbocycles. The maximum atomic E-state index is 14.3. The average molecular weight is 283 g/mol. The van der Waals surface area contributed by atoms with E-state index in [-0.39, 0.29) is 5.56 Å². The first kappa shape index (κ1) is 15.4. The van der Waals surface area contributed by atoms with Crippen molar-refractivity contribution in [3.8, 4) is 0 Å². The molecule has 1 aliphatic rings. The van der Waals surface area contributed by atoms with E-state index in [1.807, 2.05) is 0 Å². The minimum atomic E-state index is -0.773. The Hall–Kier alpha value is -1.00. The second-order valence-corrected chi connectivity index (χ2v) is 5.75. The lowest BCUT2D eigenvalue weighted by molar-refractivity contribution is -0.0457. The van der Waals surface area contributed by atoms with Gasteiger partial charge < -0.3 is 10.5 Å². The van der Waals surface area contributed by atoms with Crippen molar-refractivity contribution in [3.05, 3.63) is 34.9 Å². The van der Waals surface area contributed by atoms with Gasteiger partial charge in [0.25, 0.3) is 0 Å². The Kier molecular flexibility index (Phi) is 4.76. The van der Waals surface area contributed by atoms with Gasteiger partial charge in [-0.15, -0.1) is 0 Å². The van der Waals surface area contributed by atoms with Crippen molar-refractivity contribution in [1.29, 1.82) is 0 Å². The normalized spacial score (nSPS) is 20.4. The molecule has 112 valence electrons. The summed E-state index contributed by atoms with van der Waals surface area (Å²) in [7, 11) is 1.59. The summed E-state index contributed by atoms with van der Waals surface area (Å²) in [5, 5.41) is 0. The van der Waals surface area contributed by atoms with E-state index >= 15 is 0 Å². The molecule has 2 nitrogen and oxygen atoms in total. The number of benzene rings is 1. The predicted molar refractivity (Wildman–Crippen MR) is 75.5 cm³/mol. The van der Waals surface area contributed by atoms with Gasteiger partial charge in [0.2, 0.25) is 0 Å². The van der Waals surface area contributed by atoms with Crippen molar-refractivity contribution in [2.45, 2.75) is 57.1 Å². The Balaban J connectivity index is 2.42. The lowest BCUT2D eigenvalue weighted by atomic mass is 9.82. The van der Waals surface area contributed by atoms with Gasteiger partial charge in [-0.1, -0.05) is 31.7 Å². The van der Waals surface area contributed by atoms with Crippen LogP contribution in [-0.4, -0.2) is 12.7 Å². The molecular weight excluding hydrogens is 260 g/mol. The molecule has 0 aromatic heterocycles. The molecule has 1 aromatic rings. The SMILES string of the molecule is COC1(C(N)c2c(F)ccc(C)c2F)CCCCCC1. The van der Waals surface area contributed by atoms with Crippen molar-refractivity contribution in [2.75, 3.05) is 7.11 Å². The summed E-state index contributed by atoms with van der Waals surface area (Å²) in [6, 6.07) is 1.95. The molecular formula is C16H23F2NO. The number of rotatable bonds is 3. The van der Waals surface area contributed by atoms with Crippen LogP contribution in [0.4, 0.5) is 8.78 Å². The van der Waals surface area contributed by atoms with Crippen molar-refractivity contribution in [3.63, 3.8) is 0 Å². The van der Waals surface area contributed by atoms with E-state index < -0.39 is 23.3 Å². The third-order valence-corrected chi connectivity index (χ3v) is 4.55. The maximum Gasteiger partial charge on any atom is 0.133 e. The number of hydrogen-bond donors (Lipinski definition) is 1. The number of hydrogen-bond acceptors (Lipinski definition) is 2. The number of ether oxygens (including phenoxy) is 1. The van der Waals surface area contributed by atoms with Gasteiger partial charge in [0.1, 0.15) is 11.6 Å². The van der Waals surface area contributed by atoms with Crippen molar-refractivity contribution < 1.29 is 13.5 Å². The molecule has 1 atom stereocenters. The highest BCUT2D eigenvalue weighted by Gasteiger charge is 2.40. The summed E-state index contributed by atoms with van der Waals surface area (Å²) < 4.78 is 34.0. The molecule has 0 radical (unpaired) electrons. The minimum Gasteiger partial charge on any atom is -0.376 e. The zero-order valence-electron chi connectivity index (χ0n) is 12.2. The Morgan fingerprint density at radius 3 is 2.30 bits per heavy atom. The molecule has 0 amide bonds. The summed E-state index contributed by atoms with van der Waals surface area (Å²) in [6.07, 6.45) is 5.70. The average Bonchev–Trinajstić information content (AvgIpc) is 2.69. The Labute approximate surface area is 119 Å². The molecule has 1 fully saturated rings. The maximum absolute atomic E-state index is 14.3. The van der Waals surface area contributed by atoms with Crippen LogP contribution in [0.5, 0.6) is 0 Å². The standard InChI is InChI=1S/C16H23F2NO/c1-11-7-8-12(17)13(14(11)18)15(19)16(20-2)9-5-3-4-6-10-16/h7-8,15H,3-6,9-10,19H2,1-2H3. The Morgan fingerprint density at radius 2 is 1.75 bits per heavy atom. The molecule has 1 aromatic carbocycles. The smallest absolute Gasteiger partial charge is 0.133 e. The van der Waals surface area contributed by atoms with Gasteiger partial charge in [0, 0.05) is 12.7 Å². The van der Waals surface area contributed by atoms with Gasteiger partial charge in [-0.25, -0.2) is 8.78 Å². The van der Waals surface area contributed by atoms with E-state index in [9.17, 15) is 8.78 Å². The van der Waals surface area contributed by atoms with Gasteiger partial charge in [0.05, 0.1) is 11.6 Å². The monoisotopic (exact) mass is 283 g/mol. The summed E-state index contributed by atoms with van der Waals surface area (Å²) in [5.41, 5.74) is 5.97. The minimum absolute atomic E-state index is 0.0336. The quantitative estimate of drug-likeness (QED) is 0.851. The molecule has 0 aliphatic heterocycles. The van der Waals surface area contributed by atoms with Crippen LogP contribution >= 0.6 is 0 Å². The van der Waals surface area contributed by atoms with Crippen LogP contribution in [0.2, 0.25) is 0 Å². The number of nitrogens with two attached hydrogens (primary N) is 1. The van der Waals surface area contributed by atoms with Gasteiger partial charge in [-0.3, -0.25) is 0 Å². The Morgan fingerprint density at radius 1 is 1.15 bits per heavy atom. The zero-order chi connectivity index (χ0) is 14.8. The van der Waals surface area contributed by atoms with Crippen LogP contribution in [0, 0.1) is 18.6 Å². The van der Waals surface area contributed by atoms with Crippen LogP contribution < -0.4 is 5.73 Å². The van der Waals surface area contributed by atoms with Crippen molar-refractivity contribution in [2.24, 2.45) is 5.73 Å². The first-order chi connectivity index (χ1) is 9.52. The molecule has 0 saturated heterocycles. The molecule has 2 rings (SSSR count). The molecule has 1 unspecified atom stereocenters. The molecule has 4 heteroatoms. The first-order valence-corrected chi connectivity index (χ1v) is 7.27. The summed E-state index contributed by atoms with van der Waals surface area (Å²) in [5.74, 6) is -1.13. The fourth-order valence-electron chi connectivity index (χ4n) is 3.20. The third-order valence-electron chi connectivity index (χ3n) is 4.55. The van der Waals surface area contributed by atoms with Crippen LogP contribution in [-0.2, 0) is 4.74 Å². The van der Waals surface area contributed by atoms with E-state index in [4.69, 9.17) is 10.5 Å². The number of methoxy groups -OCH3 is 1. The summed E-state index contributed by atoms with van der Waals surface area (Å²) in [4.78, 5) is 0. The first-order valence-electron chi connectivity index (χ1n) is 7.27. The third kappa shape index (κ3) is 2.72. The topological polar surface area (TPSA) is 35.2 Å². The number of aryl methyl sites for hydroxylation is 1. The van der Waals surface area contributed by atoms with Crippen LogP contribution in [0.1, 0.15) is 55.7 Å². The molecule has 20 heavy (non-hydrogen) atoms. The highest BCUT2D eigenvalue weighted by atomic mass is 19.1. The van der Waals surface area contributed by atoms with Crippen molar-refractivity contribution >= 4 is 0 Å². The van der Waals surface area contributed by atoms with Gasteiger partial charge in [0.15, 0.2) is 0 Å². The van der Waals surface area contributed by atoms with Gasteiger partial charge in [-0.05, 0) is 31.4 Å². The lowest BCUT2D eigenvalue weighted by Gasteiger charge is -2.37. The summed E-state index contributed by atoms with van der Waals surface area (Å²) in [6.45, 7) is 1.62. The highest BCUT2D eigenvalue weighted by Crippen LogP contribution is 2.40. The molecule has 0 bridgehead atoms. The van der Waals surface area contributed by atoms with E-state index in [0.29, 0.717) is 5.56 Å². The van der Waals surface area contributed by atoms with E-state index in [2.05, 4.69) is 0 Å². The van der Waals surface area contributed by atoms with Gasteiger partial charge in [-0.2, -0.15) is 0 Å². The fourth-order valence-corrected chi connectivity index (χ4v) is 3.20. The molecule has 1 saturated carbocycles. The predicted octanol–water partition coefficient (Wildman–Crippen LogP) is 4.01. The van der Waals surface area contributed by atoms with E-state index in [0.717, 1.165) is 38.5 Å². The fraction of sp³-hybridized carbons (Fsp3) is 0.625. The zero-order valence-corrected chi connectivity index (χ0v) is 12.2. The van der Waals surface area contributed by atoms with E-state index in [1.165, 1.54) is 12.1 Å². The summed E-state index contributed by atoms with van der Waals surface area (Å²) >= 11 is 0. The highest BCUT2D eigenvalue weighted by molar-refractivity contribution is 5.31. The second kappa shape index (κ2) is 6.19. The van der Waals surface area contributed by atoms with Gasteiger partial charge >= 0.3 is 0 Å².